The topological polar surface area (TPSA) is 106 Å². The molecule has 2 aromatic carbocycles. The Hall–Kier alpha value is -3.16. The van der Waals surface area contributed by atoms with Gasteiger partial charge in [0.2, 0.25) is 0 Å². The molecule has 0 aliphatic heterocycles. The molecule has 132 valence electrons. The maximum absolute atomic E-state index is 12.3. The number of anilines is 1. The van der Waals surface area contributed by atoms with Crippen LogP contribution < -0.4 is 5.32 Å². The highest BCUT2D eigenvalue weighted by Crippen LogP contribution is 2.26. The van der Waals surface area contributed by atoms with Crippen molar-refractivity contribution in [2.75, 3.05) is 5.32 Å². The Morgan fingerprint density at radius 1 is 1.15 bits per heavy atom. The highest BCUT2D eigenvalue weighted by molar-refractivity contribution is 6.32. The summed E-state index contributed by atoms with van der Waals surface area (Å²) in [7, 11) is 0. The minimum atomic E-state index is -0.641. The Bertz CT molecular complexity index is 966. The first-order valence-electron chi connectivity index (χ1n) is 7.53. The molecule has 0 bridgehead atoms. The van der Waals surface area contributed by atoms with Gasteiger partial charge in [0.15, 0.2) is 0 Å². The van der Waals surface area contributed by atoms with Crippen LogP contribution in [0.15, 0.2) is 59.0 Å². The zero-order valence-corrected chi connectivity index (χ0v) is 14.1. The molecule has 0 fully saturated rings. The van der Waals surface area contributed by atoms with Crippen molar-refractivity contribution in [2.45, 2.75) is 6.61 Å². The van der Waals surface area contributed by atoms with Crippen LogP contribution in [-0.4, -0.2) is 15.9 Å². The van der Waals surface area contributed by atoms with Crippen LogP contribution in [0, 0.1) is 10.1 Å². The van der Waals surface area contributed by atoms with Gasteiger partial charge in [-0.3, -0.25) is 14.9 Å². The van der Waals surface area contributed by atoms with Gasteiger partial charge in [0.05, 0.1) is 4.92 Å². The predicted molar refractivity (Wildman–Crippen MR) is 96.1 cm³/mol. The fourth-order valence-electron chi connectivity index (χ4n) is 2.33. The average Bonchev–Trinajstić information content (AvgIpc) is 3.11. The Morgan fingerprint density at radius 3 is 2.50 bits per heavy atom. The van der Waals surface area contributed by atoms with E-state index in [0.717, 1.165) is 11.6 Å². The van der Waals surface area contributed by atoms with E-state index < -0.39 is 10.8 Å². The first kappa shape index (κ1) is 17.7. The molecule has 3 aromatic rings. The fourth-order valence-corrected chi connectivity index (χ4v) is 2.52. The Labute approximate surface area is 153 Å². The molecular weight excluding hydrogens is 360 g/mol. The number of nitro groups is 1. The van der Waals surface area contributed by atoms with Crippen molar-refractivity contribution in [3.63, 3.8) is 0 Å². The van der Waals surface area contributed by atoms with Gasteiger partial charge in [0.1, 0.15) is 23.2 Å². The van der Waals surface area contributed by atoms with Crippen LogP contribution in [0.3, 0.4) is 0 Å². The fraction of sp³-hybridized carbons (Fsp3) is 0.0556. The molecule has 0 saturated carbocycles. The second-order valence-corrected chi connectivity index (χ2v) is 5.79. The maximum atomic E-state index is 12.3. The van der Waals surface area contributed by atoms with Crippen LogP contribution in [0.5, 0.6) is 0 Å². The van der Waals surface area contributed by atoms with Crippen molar-refractivity contribution < 1.29 is 19.2 Å². The molecular formula is C18H13ClN2O5. The lowest BCUT2D eigenvalue weighted by atomic mass is 10.1. The van der Waals surface area contributed by atoms with E-state index in [1.54, 1.807) is 36.4 Å². The standard InChI is InChI=1S/C18H13ClN2O5/c19-15-7-3-12(9-16(15)21(24)25)18(23)20-13-4-1-11(2-5-13)17-8-6-14(10-22)26-17/h1-9,22H,10H2,(H,20,23). The monoisotopic (exact) mass is 372 g/mol. The van der Waals surface area contributed by atoms with Gasteiger partial charge in [-0.15, -0.1) is 0 Å². The lowest BCUT2D eigenvalue weighted by molar-refractivity contribution is -0.384. The van der Waals surface area contributed by atoms with Crippen LogP contribution in [0.2, 0.25) is 5.02 Å². The number of hydrogen-bond acceptors (Lipinski definition) is 5. The largest absolute Gasteiger partial charge is 0.459 e. The number of nitrogens with zero attached hydrogens (tertiary/aromatic N) is 1. The number of nitrogens with one attached hydrogen (secondary N) is 1. The van der Waals surface area contributed by atoms with E-state index in [4.69, 9.17) is 21.1 Å². The maximum Gasteiger partial charge on any atom is 0.288 e. The minimum Gasteiger partial charge on any atom is -0.459 e. The summed E-state index contributed by atoms with van der Waals surface area (Å²) in [6.07, 6.45) is 0. The third-order valence-electron chi connectivity index (χ3n) is 3.65. The molecule has 7 nitrogen and oxygen atoms in total. The molecule has 0 spiro atoms. The lowest BCUT2D eigenvalue weighted by Crippen LogP contribution is -2.12. The third-order valence-corrected chi connectivity index (χ3v) is 3.97. The van der Waals surface area contributed by atoms with E-state index in [9.17, 15) is 14.9 Å². The van der Waals surface area contributed by atoms with Gasteiger partial charge in [0.25, 0.3) is 11.6 Å². The van der Waals surface area contributed by atoms with Gasteiger partial charge in [-0.1, -0.05) is 11.6 Å². The molecule has 0 unspecified atom stereocenters. The van der Waals surface area contributed by atoms with Gasteiger partial charge >= 0.3 is 0 Å². The van der Waals surface area contributed by atoms with Crippen LogP contribution >= 0.6 is 11.6 Å². The number of amides is 1. The molecule has 0 saturated heterocycles. The highest BCUT2D eigenvalue weighted by Gasteiger charge is 2.16. The number of carbonyl (C=O) groups is 1. The van der Waals surface area contributed by atoms with Gasteiger partial charge in [0, 0.05) is 22.9 Å². The van der Waals surface area contributed by atoms with Gasteiger partial charge in [-0.2, -0.15) is 0 Å². The number of aliphatic hydroxyl groups is 1. The molecule has 1 aromatic heterocycles. The van der Waals surface area contributed by atoms with E-state index in [2.05, 4.69) is 5.32 Å². The van der Waals surface area contributed by atoms with Crippen LogP contribution in [0.1, 0.15) is 16.1 Å². The van der Waals surface area contributed by atoms with Crippen molar-refractivity contribution in [2.24, 2.45) is 0 Å². The first-order chi connectivity index (χ1) is 12.5. The van der Waals surface area contributed by atoms with E-state index in [1.807, 2.05) is 0 Å². The molecule has 0 aliphatic carbocycles. The second-order valence-electron chi connectivity index (χ2n) is 5.38. The summed E-state index contributed by atoms with van der Waals surface area (Å²) in [5.41, 5.74) is 1.10. The van der Waals surface area contributed by atoms with Crippen LogP contribution in [-0.2, 0) is 6.61 Å². The summed E-state index contributed by atoms with van der Waals surface area (Å²) in [5, 5.41) is 22.6. The summed E-state index contributed by atoms with van der Waals surface area (Å²) in [4.78, 5) is 22.5. The molecule has 2 N–H and O–H groups in total. The summed E-state index contributed by atoms with van der Waals surface area (Å²) in [5.74, 6) is 0.569. The first-order valence-corrected chi connectivity index (χ1v) is 7.91. The summed E-state index contributed by atoms with van der Waals surface area (Å²) >= 11 is 5.75. The summed E-state index contributed by atoms with van der Waals surface area (Å²) in [6.45, 7) is -0.179. The highest BCUT2D eigenvalue weighted by atomic mass is 35.5. The van der Waals surface area contributed by atoms with E-state index >= 15 is 0 Å². The third kappa shape index (κ3) is 3.74. The molecule has 1 heterocycles. The van der Waals surface area contributed by atoms with E-state index in [-0.39, 0.29) is 22.9 Å². The van der Waals surface area contributed by atoms with Gasteiger partial charge < -0.3 is 14.8 Å². The minimum absolute atomic E-state index is 0.0309. The predicted octanol–water partition coefficient (Wildman–Crippen LogP) is 4.25. The van der Waals surface area contributed by atoms with Crippen LogP contribution in [0.4, 0.5) is 11.4 Å². The smallest absolute Gasteiger partial charge is 0.288 e. The van der Waals surface area contributed by atoms with Crippen molar-refractivity contribution in [1.82, 2.24) is 0 Å². The number of carbonyl (C=O) groups excluding carboxylic acids is 1. The average molecular weight is 373 g/mol. The van der Waals surface area contributed by atoms with Gasteiger partial charge in [-0.05, 0) is 48.5 Å². The molecule has 1 amide bonds. The van der Waals surface area contributed by atoms with E-state index in [1.165, 1.54) is 12.1 Å². The molecule has 3 rings (SSSR count). The normalized spacial score (nSPS) is 10.5. The van der Waals surface area contributed by atoms with Crippen molar-refractivity contribution >= 4 is 28.9 Å². The van der Waals surface area contributed by atoms with Crippen molar-refractivity contribution in [3.8, 4) is 11.3 Å². The zero-order chi connectivity index (χ0) is 18.7. The van der Waals surface area contributed by atoms with E-state index in [0.29, 0.717) is 17.2 Å². The number of aliphatic hydroxyl groups excluding tert-OH is 1. The molecule has 0 atom stereocenters. The van der Waals surface area contributed by atoms with Crippen molar-refractivity contribution in [3.05, 3.63) is 81.1 Å². The SMILES string of the molecule is O=C(Nc1ccc(-c2ccc(CO)o2)cc1)c1ccc(Cl)c([N+](=O)[O-])c1. The number of hydrogen-bond donors (Lipinski definition) is 2. The number of furan rings is 1. The second kappa shape index (κ2) is 7.38. The number of halogens is 1. The van der Waals surface area contributed by atoms with Crippen LogP contribution in [0.25, 0.3) is 11.3 Å². The van der Waals surface area contributed by atoms with Gasteiger partial charge in [-0.25, -0.2) is 0 Å². The zero-order valence-electron chi connectivity index (χ0n) is 13.3. The lowest BCUT2D eigenvalue weighted by Gasteiger charge is -2.06. The number of rotatable bonds is 5. The molecule has 26 heavy (non-hydrogen) atoms. The number of nitro benzene ring substituents is 1. The summed E-state index contributed by atoms with van der Waals surface area (Å²) in [6, 6.07) is 14.1. The number of benzene rings is 2. The quantitative estimate of drug-likeness (QED) is 0.514. The Morgan fingerprint density at radius 2 is 1.88 bits per heavy atom. The molecule has 0 aliphatic rings. The van der Waals surface area contributed by atoms with Crippen molar-refractivity contribution in [1.29, 1.82) is 0 Å². The molecule has 0 radical (unpaired) electrons. The Balaban J connectivity index is 1.75. The Kier molecular flexibility index (Phi) is 5.01. The summed E-state index contributed by atoms with van der Waals surface area (Å²) < 4.78 is 5.44. The molecule has 8 heteroatoms.